The molecule has 4 heteroatoms. The van der Waals surface area contributed by atoms with E-state index >= 15 is 0 Å². The van der Waals surface area contributed by atoms with Gasteiger partial charge >= 0.3 is 5.97 Å². The van der Waals surface area contributed by atoms with Crippen LogP contribution in [0.3, 0.4) is 0 Å². The number of carbonyl (C=O) groups is 2. The lowest BCUT2D eigenvalue weighted by Crippen LogP contribution is -2.44. The summed E-state index contributed by atoms with van der Waals surface area (Å²) in [6.45, 7) is 3.58. The Morgan fingerprint density at radius 1 is 1.62 bits per heavy atom. The van der Waals surface area contributed by atoms with E-state index in [0.717, 1.165) is 0 Å². The summed E-state index contributed by atoms with van der Waals surface area (Å²) in [6.07, 6.45) is 1.10. The van der Waals surface area contributed by atoms with Gasteiger partial charge in [0.15, 0.2) is 0 Å². The Balaban J connectivity index is 2.08. The van der Waals surface area contributed by atoms with Crippen molar-refractivity contribution in [2.45, 2.75) is 38.8 Å². The molecule has 0 aromatic carbocycles. The van der Waals surface area contributed by atoms with Gasteiger partial charge in [0.1, 0.15) is 5.41 Å². The summed E-state index contributed by atoms with van der Waals surface area (Å²) in [4.78, 5) is 22.9. The van der Waals surface area contributed by atoms with E-state index < -0.39 is 5.41 Å². The summed E-state index contributed by atoms with van der Waals surface area (Å²) < 4.78 is 5.05. The van der Waals surface area contributed by atoms with Crippen molar-refractivity contribution < 1.29 is 14.3 Å². The summed E-state index contributed by atoms with van der Waals surface area (Å²) in [5.41, 5.74) is -0.824. The standard InChI is InChI=1S/C9H13NO3/c1-5(2)13-8(12)9-3-6(4-9)10-7(9)11/h5-6H,3-4H2,1-2H3,(H,10,11). The highest BCUT2D eigenvalue weighted by molar-refractivity contribution is 6.07. The topological polar surface area (TPSA) is 55.4 Å². The Morgan fingerprint density at radius 2 is 2.23 bits per heavy atom. The van der Waals surface area contributed by atoms with Crippen molar-refractivity contribution in [1.82, 2.24) is 5.32 Å². The fraction of sp³-hybridized carbons (Fsp3) is 0.778. The fourth-order valence-corrected chi connectivity index (χ4v) is 1.98. The van der Waals surface area contributed by atoms with Gasteiger partial charge in [0.05, 0.1) is 6.10 Å². The molecule has 2 bridgehead atoms. The number of amides is 1. The van der Waals surface area contributed by atoms with Crippen LogP contribution in [-0.2, 0) is 14.3 Å². The quantitative estimate of drug-likeness (QED) is 0.492. The lowest BCUT2D eigenvalue weighted by Gasteiger charge is -2.32. The van der Waals surface area contributed by atoms with Gasteiger partial charge in [-0.25, -0.2) is 0 Å². The van der Waals surface area contributed by atoms with Gasteiger partial charge in [-0.05, 0) is 26.7 Å². The monoisotopic (exact) mass is 183 g/mol. The molecule has 4 nitrogen and oxygen atoms in total. The number of hydrogen-bond donors (Lipinski definition) is 1. The number of carbonyl (C=O) groups excluding carboxylic acids is 2. The van der Waals surface area contributed by atoms with Crippen LogP contribution >= 0.6 is 0 Å². The Hall–Kier alpha value is -1.06. The lowest BCUT2D eigenvalue weighted by molar-refractivity contribution is -0.165. The third-order valence-corrected chi connectivity index (χ3v) is 2.69. The number of hydrogen-bond acceptors (Lipinski definition) is 3. The highest BCUT2D eigenvalue weighted by Crippen LogP contribution is 2.48. The first-order valence-electron chi connectivity index (χ1n) is 4.57. The molecule has 0 aromatic heterocycles. The SMILES string of the molecule is CC(C)OC(=O)C12CC(C1)NC2=O. The maximum absolute atomic E-state index is 11.5. The molecular weight excluding hydrogens is 170 g/mol. The van der Waals surface area contributed by atoms with E-state index in [1.165, 1.54) is 0 Å². The minimum atomic E-state index is -0.824. The van der Waals surface area contributed by atoms with Crippen LogP contribution in [0, 0.1) is 5.41 Å². The first-order chi connectivity index (χ1) is 6.04. The van der Waals surface area contributed by atoms with Crippen LogP contribution < -0.4 is 5.32 Å². The first kappa shape index (κ1) is 8.53. The number of rotatable bonds is 2. The predicted octanol–water partition coefficient (Wildman–Crippen LogP) is 0.217. The van der Waals surface area contributed by atoms with E-state index in [9.17, 15) is 9.59 Å². The van der Waals surface area contributed by atoms with Crippen LogP contribution in [0.25, 0.3) is 0 Å². The Labute approximate surface area is 76.6 Å². The second kappa shape index (κ2) is 2.47. The van der Waals surface area contributed by atoms with Crippen LogP contribution in [-0.4, -0.2) is 24.0 Å². The summed E-state index contributed by atoms with van der Waals surface area (Å²) in [5.74, 6) is -0.503. The van der Waals surface area contributed by atoms with Gasteiger partial charge in [0.2, 0.25) is 5.91 Å². The molecule has 0 unspecified atom stereocenters. The van der Waals surface area contributed by atoms with Crippen molar-refractivity contribution in [3.05, 3.63) is 0 Å². The molecule has 0 spiro atoms. The molecule has 1 saturated carbocycles. The van der Waals surface area contributed by atoms with Crippen molar-refractivity contribution in [3.63, 3.8) is 0 Å². The fourth-order valence-electron chi connectivity index (χ4n) is 1.98. The molecule has 1 N–H and O–H groups in total. The van der Waals surface area contributed by atoms with Gasteiger partial charge in [0, 0.05) is 6.04 Å². The number of esters is 1. The smallest absolute Gasteiger partial charge is 0.322 e. The van der Waals surface area contributed by atoms with E-state index in [0.29, 0.717) is 12.8 Å². The van der Waals surface area contributed by atoms with Crippen molar-refractivity contribution in [1.29, 1.82) is 0 Å². The molecule has 3 fully saturated rings. The maximum atomic E-state index is 11.5. The molecule has 0 aromatic rings. The molecule has 1 aliphatic carbocycles. The molecule has 72 valence electrons. The normalized spacial score (nSPS) is 35.6. The van der Waals surface area contributed by atoms with Crippen molar-refractivity contribution >= 4 is 11.9 Å². The molecule has 3 rings (SSSR count). The molecule has 2 heterocycles. The summed E-state index contributed by atoms with van der Waals surface area (Å²) >= 11 is 0. The predicted molar refractivity (Wildman–Crippen MR) is 44.8 cm³/mol. The zero-order valence-electron chi connectivity index (χ0n) is 7.79. The van der Waals surface area contributed by atoms with Gasteiger partial charge in [0.25, 0.3) is 0 Å². The minimum absolute atomic E-state index is 0.144. The molecule has 0 atom stereocenters. The lowest BCUT2D eigenvalue weighted by atomic mass is 9.70. The molecule has 2 aliphatic heterocycles. The largest absolute Gasteiger partial charge is 0.462 e. The summed E-state index contributed by atoms with van der Waals surface area (Å²) in [5, 5.41) is 2.75. The first-order valence-corrected chi connectivity index (χ1v) is 4.57. The van der Waals surface area contributed by atoms with Crippen molar-refractivity contribution in [2.24, 2.45) is 5.41 Å². The average Bonchev–Trinajstić information content (AvgIpc) is 2.37. The third kappa shape index (κ3) is 1.04. The van der Waals surface area contributed by atoms with E-state index in [4.69, 9.17) is 4.74 Å². The molecule has 0 radical (unpaired) electrons. The zero-order valence-corrected chi connectivity index (χ0v) is 7.79. The van der Waals surface area contributed by atoms with E-state index in [2.05, 4.69) is 5.32 Å². The van der Waals surface area contributed by atoms with E-state index in [-0.39, 0.29) is 24.0 Å². The zero-order chi connectivity index (χ0) is 9.64. The molecular formula is C9H13NO3. The maximum Gasteiger partial charge on any atom is 0.322 e. The number of fused-ring (bicyclic) bond motifs is 1. The second-order valence-corrected chi connectivity index (χ2v) is 4.11. The summed E-state index contributed by atoms with van der Waals surface area (Å²) in [6, 6.07) is 0.215. The Morgan fingerprint density at radius 3 is 2.62 bits per heavy atom. The highest BCUT2D eigenvalue weighted by Gasteiger charge is 2.63. The van der Waals surface area contributed by atoms with Crippen LogP contribution in [0.15, 0.2) is 0 Å². The second-order valence-electron chi connectivity index (χ2n) is 4.11. The van der Waals surface area contributed by atoms with E-state index in [1.807, 2.05) is 0 Å². The van der Waals surface area contributed by atoms with Crippen LogP contribution in [0.2, 0.25) is 0 Å². The number of nitrogens with one attached hydrogen (secondary N) is 1. The molecule has 3 aliphatic rings. The van der Waals surface area contributed by atoms with Gasteiger partial charge < -0.3 is 10.1 Å². The Kier molecular flexibility index (Phi) is 1.62. The van der Waals surface area contributed by atoms with Crippen molar-refractivity contribution in [3.8, 4) is 0 Å². The van der Waals surface area contributed by atoms with Crippen LogP contribution in [0.5, 0.6) is 0 Å². The third-order valence-electron chi connectivity index (χ3n) is 2.69. The highest BCUT2D eigenvalue weighted by atomic mass is 16.5. The van der Waals surface area contributed by atoms with Crippen LogP contribution in [0.1, 0.15) is 26.7 Å². The Bertz CT molecular complexity index is 266. The van der Waals surface area contributed by atoms with Gasteiger partial charge in [-0.15, -0.1) is 0 Å². The van der Waals surface area contributed by atoms with Gasteiger partial charge in [-0.3, -0.25) is 9.59 Å². The minimum Gasteiger partial charge on any atom is -0.462 e. The molecule has 13 heavy (non-hydrogen) atoms. The molecule has 1 amide bonds. The van der Waals surface area contributed by atoms with Crippen molar-refractivity contribution in [2.75, 3.05) is 0 Å². The molecule has 2 saturated heterocycles. The van der Waals surface area contributed by atoms with E-state index in [1.54, 1.807) is 13.8 Å². The van der Waals surface area contributed by atoms with Gasteiger partial charge in [-0.2, -0.15) is 0 Å². The van der Waals surface area contributed by atoms with Gasteiger partial charge in [-0.1, -0.05) is 0 Å². The summed E-state index contributed by atoms with van der Waals surface area (Å²) in [7, 11) is 0. The number of ether oxygens (including phenoxy) is 1. The van der Waals surface area contributed by atoms with Crippen LogP contribution in [0.4, 0.5) is 0 Å². The average molecular weight is 183 g/mol.